The Kier molecular flexibility index (Phi) is 4.59. The van der Waals surface area contributed by atoms with Crippen LogP contribution in [0.3, 0.4) is 0 Å². The Hall–Kier alpha value is -3.93. The van der Waals surface area contributed by atoms with E-state index in [9.17, 15) is 9.90 Å². The van der Waals surface area contributed by atoms with Gasteiger partial charge in [-0.2, -0.15) is 0 Å². The first kappa shape index (κ1) is 20.0. The SMILES string of the molecule is COc1ccc(N2C(=O)c3c(C)c(OC)cc(O)c3C2c2[nH]c3ccccc3c2C)cc1. The minimum absolute atomic E-state index is 0.0369. The van der Waals surface area contributed by atoms with Gasteiger partial charge in [-0.1, -0.05) is 18.2 Å². The number of carbonyl (C=O) groups is 1. The summed E-state index contributed by atoms with van der Waals surface area (Å²) in [4.78, 5) is 19.1. The Bertz CT molecular complexity index is 1350. The van der Waals surface area contributed by atoms with Crippen molar-refractivity contribution in [1.82, 2.24) is 4.98 Å². The zero-order chi connectivity index (χ0) is 22.6. The van der Waals surface area contributed by atoms with Gasteiger partial charge in [0.25, 0.3) is 5.91 Å². The van der Waals surface area contributed by atoms with Crippen LogP contribution in [0.2, 0.25) is 0 Å². The molecule has 0 radical (unpaired) electrons. The van der Waals surface area contributed by atoms with E-state index in [0.717, 1.165) is 22.2 Å². The topological polar surface area (TPSA) is 74.8 Å². The van der Waals surface area contributed by atoms with Gasteiger partial charge >= 0.3 is 0 Å². The molecule has 1 aromatic heterocycles. The number of nitrogens with one attached hydrogen (secondary N) is 1. The van der Waals surface area contributed by atoms with Gasteiger partial charge in [0.2, 0.25) is 0 Å². The Morgan fingerprint density at radius 1 is 0.969 bits per heavy atom. The summed E-state index contributed by atoms with van der Waals surface area (Å²) in [6, 6.07) is 16.5. The maximum absolute atomic E-state index is 13.8. The van der Waals surface area contributed by atoms with Crippen LogP contribution in [0.1, 0.15) is 38.8 Å². The molecule has 1 aliphatic heterocycles. The quantitative estimate of drug-likeness (QED) is 0.465. The lowest BCUT2D eigenvalue weighted by atomic mass is 9.95. The Morgan fingerprint density at radius 3 is 2.34 bits per heavy atom. The summed E-state index contributed by atoms with van der Waals surface area (Å²) < 4.78 is 10.7. The lowest BCUT2D eigenvalue weighted by Crippen LogP contribution is -2.29. The first-order chi connectivity index (χ1) is 15.5. The van der Waals surface area contributed by atoms with E-state index < -0.39 is 6.04 Å². The number of aromatic hydroxyl groups is 1. The smallest absolute Gasteiger partial charge is 0.260 e. The van der Waals surface area contributed by atoms with Crippen molar-refractivity contribution in [3.8, 4) is 17.2 Å². The molecule has 1 atom stereocenters. The summed E-state index contributed by atoms with van der Waals surface area (Å²) in [5.74, 6) is 1.05. The van der Waals surface area contributed by atoms with Gasteiger partial charge in [-0.25, -0.2) is 0 Å². The molecule has 1 aliphatic rings. The zero-order valence-electron chi connectivity index (χ0n) is 18.4. The van der Waals surface area contributed by atoms with Gasteiger partial charge < -0.3 is 19.6 Å². The standard InChI is InChI=1S/C26H24N2O4/c1-14-18-7-5-6-8-19(18)27-24(14)25-23-20(29)13-21(32-4)15(2)22(23)26(30)28(25)16-9-11-17(31-3)12-10-16/h5-13,25,27,29H,1-4H3. The number of carbonyl (C=O) groups excluding carboxylic acids is 1. The third kappa shape index (κ3) is 2.76. The van der Waals surface area contributed by atoms with Crippen LogP contribution in [0.5, 0.6) is 17.2 Å². The largest absolute Gasteiger partial charge is 0.507 e. The second kappa shape index (κ2) is 7.34. The van der Waals surface area contributed by atoms with Crippen LogP contribution in [-0.4, -0.2) is 30.2 Å². The van der Waals surface area contributed by atoms with Crippen molar-refractivity contribution in [3.63, 3.8) is 0 Å². The van der Waals surface area contributed by atoms with Crippen molar-refractivity contribution >= 4 is 22.5 Å². The van der Waals surface area contributed by atoms with Crippen molar-refractivity contribution in [1.29, 1.82) is 0 Å². The lowest BCUT2D eigenvalue weighted by molar-refractivity contribution is 0.0992. The number of rotatable bonds is 4. The van der Waals surface area contributed by atoms with E-state index in [1.165, 1.54) is 7.11 Å². The van der Waals surface area contributed by atoms with Crippen LogP contribution in [0.4, 0.5) is 5.69 Å². The van der Waals surface area contributed by atoms with Crippen LogP contribution in [0.15, 0.2) is 54.6 Å². The van der Waals surface area contributed by atoms with E-state index in [1.807, 2.05) is 56.3 Å². The summed E-state index contributed by atoms with van der Waals surface area (Å²) in [6.07, 6.45) is 0. The summed E-state index contributed by atoms with van der Waals surface area (Å²) in [7, 11) is 3.14. The lowest BCUT2D eigenvalue weighted by Gasteiger charge is -2.26. The van der Waals surface area contributed by atoms with E-state index >= 15 is 0 Å². The molecule has 4 aromatic rings. The molecule has 5 rings (SSSR count). The summed E-state index contributed by atoms with van der Waals surface area (Å²) in [6.45, 7) is 3.89. The number of amides is 1. The highest BCUT2D eigenvalue weighted by Gasteiger charge is 2.44. The van der Waals surface area contributed by atoms with Crippen LogP contribution in [0.25, 0.3) is 10.9 Å². The van der Waals surface area contributed by atoms with Crippen molar-refractivity contribution < 1.29 is 19.4 Å². The zero-order valence-corrected chi connectivity index (χ0v) is 18.4. The highest BCUT2D eigenvalue weighted by molar-refractivity contribution is 6.13. The van der Waals surface area contributed by atoms with E-state index in [0.29, 0.717) is 33.9 Å². The number of hydrogen-bond donors (Lipinski definition) is 2. The minimum atomic E-state index is -0.511. The van der Waals surface area contributed by atoms with E-state index in [-0.39, 0.29) is 11.7 Å². The number of fused-ring (bicyclic) bond motifs is 2. The highest BCUT2D eigenvalue weighted by atomic mass is 16.5. The maximum Gasteiger partial charge on any atom is 0.260 e. The number of H-pyrrole nitrogens is 1. The molecule has 0 aliphatic carbocycles. The number of ether oxygens (including phenoxy) is 2. The molecule has 3 aromatic carbocycles. The number of para-hydroxylation sites is 1. The predicted molar refractivity (Wildman–Crippen MR) is 124 cm³/mol. The third-order valence-electron chi connectivity index (χ3n) is 6.37. The fraction of sp³-hybridized carbons (Fsp3) is 0.192. The van der Waals surface area contributed by atoms with E-state index in [2.05, 4.69) is 11.1 Å². The molecule has 6 heteroatoms. The van der Waals surface area contributed by atoms with Gasteiger partial charge in [-0.15, -0.1) is 0 Å². The Balaban J connectivity index is 1.80. The van der Waals surface area contributed by atoms with Crippen molar-refractivity contribution in [3.05, 3.63) is 82.5 Å². The maximum atomic E-state index is 13.8. The number of benzene rings is 3. The molecule has 0 spiro atoms. The van der Waals surface area contributed by atoms with Gasteiger partial charge in [0.15, 0.2) is 0 Å². The van der Waals surface area contributed by atoms with Crippen molar-refractivity contribution in [2.75, 3.05) is 19.1 Å². The molecule has 0 saturated heterocycles. The van der Waals surface area contributed by atoms with E-state index in [4.69, 9.17) is 9.47 Å². The Morgan fingerprint density at radius 2 is 1.69 bits per heavy atom. The number of aromatic amines is 1. The number of aryl methyl sites for hydroxylation is 1. The summed E-state index contributed by atoms with van der Waals surface area (Å²) >= 11 is 0. The number of phenolic OH excluding ortho intramolecular Hbond substituents is 1. The van der Waals surface area contributed by atoms with Gasteiger partial charge in [-0.05, 0) is 49.7 Å². The average Bonchev–Trinajstić information content (AvgIpc) is 3.31. The number of aromatic nitrogens is 1. The molecule has 1 amide bonds. The molecule has 6 nitrogen and oxygen atoms in total. The number of phenols is 1. The second-order valence-electron chi connectivity index (χ2n) is 8.00. The summed E-state index contributed by atoms with van der Waals surface area (Å²) in [5.41, 5.74) is 5.37. The van der Waals surface area contributed by atoms with E-state index in [1.54, 1.807) is 18.1 Å². The fourth-order valence-electron chi connectivity index (χ4n) is 4.75. The minimum Gasteiger partial charge on any atom is -0.507 e. The molecule has 162 valence electrons. The second-order valence-corrected chi connectivity index (χ2v) is 8.00. The molecule has 2 N–H and O–H groups in total. The molecular formula is C26H24N2O4. The molecule has 2 heterocycles. The molecule has 0 fully saturated rings. The first-order valence-corrected chi connectivity index (χ1v) is 10.4. The molecule has 0 bridgehead atoms. The number of anilines is 1. The van der Waals surface area contributed by atoms with Gasteiger partial charge in [0.1, 0.15) is 23.3 Å². The van der Waals surface area contributed by atoms with Crippen molar-refractivity contribution in [2.45, 2.75) is 19.9 Å². The van der Waals surface area contributed by atoms with Crippen LogP contribution >= 0.6 is 0 Å². The molecule has 32 heavy (non-hydrogen) atoms. The van der Waals surface area contributed by atoms with Gasteiger partial charge in [-0.3, -0.25) is 9.69 Å². The Labute approximate surface area is 186 Å². The first-order valence-electron chi connectivity index (χ1n) is 10.4. The van der Waals surface area contributed by atoms with Crippen LogP contribution < -0.4 is 14.4 Å². The summed E-state index contributed by atoms with van der Waals surface area (Å²) in [5, 5.41) is 12.1. The monoisotopic (exact) mass is 428 g/mol. The number of hydrogen-bond acceptors (Lipinski definition) is 4. The van der Waals surface area contributed by atoms with Crippen LogP contribution in [0, 0.1) is 13.8 Å². The normalized spacial score (nSPS) is 15.3. The van der Waals surface area contributed by atoms with Crippen LogP contribution in [-0.2, 0) is 0 Å². The third-order valence-corrected chi connectivity index (χ3v) is 6.37. The predicted octanol–water partition coefficient (Wildman–Crippen LogP) is 5.26. The fourth-order valence-corrected chi connectivity index (χ4v) is 4.75. The molecule has 1 unspecified atom stereocenters. The molecular weight excluding hydrogens is 404 g/mol. The average molecular weight is 428 g/mol. The van der Waals surface area contributed by atoms with Crippen molar-refractivity contribution in [2.24, 2.45) is 0 Å². The van der Waals surface area contributed by atoms with Gasteiger partial charge in [0, 0.05) is 39.5 Å². The number of nitrogens with zero attached hydrogens (tertiary/aromatic N) is 1. The molecule has 0 saturated carbocycles. The number of methoxy groups -OCH3 is 2. The highest BCUT2D eigenvalue weighted by Crippen LogP contribution is 2.49. The van der Waals surface area contributed by atoms with Gasteiger partial charge in [0.05, 0.1) is 19.8 Å².